The second-order valence-electron chi connectivity index (χ2n) is 5.45. The molecule has 3 aromatic rings. The van der Waals surface area contributed by atoms with Crippen molar-refractivity contribution in [2.75, 3.05) is 14.2 Å². The molecule has 0 aliphatic heterocycles. The summed E-state index contributed by atoms with van der Waals surface area (Å²) in [6.07, 6.45) is 0. The van der Waals surface area contributed by atoms with Crippen LogP contribution in [0.25, 0.3) is 10.9 Å². The number of phenols is 1. The summed E-state index contributed by atoms with van der Waals surface area (Å²) in [7, 11) is 3.14. The zero-order valence-corrected chi connectivity index (χ0v) is 13.9. The Hall–Kier alpha value is -3.28. The van der Waals surface area contributed by atoms with E-state index < -0.39 is 0 Å². The molecule has 2 N–H and O–H groups in total. The first-order chi connectivity index (χ1) is 12.1. The first-order valence-electron chi connectivity index (χ1n) is 7.69. The molecule has 0 atom stereocenters. The number of carbonyl (C=O) groups is 1. The van der Waals surface area contributed by atoms with E-state index in [0.29, 0.717) is 23.6 Å². The quantitative estimate of drug-likeness (QED) is 0.748. The van der Waals surface area contributed by atoms with Gasteiger partial charge in [-0.1, -0.05) is 18.2 Å². The number of nitrogens with one attached hydrogen (secondary N) is 1. The number of aromatic hydroxyl groups is 1. The number of benzene rings is 2. The highest BCUT2D eigenvalue weighted by Gasteiger charge is 2.10. The third kappa shape index (κ3) is 3.63. The van der Waals surface area contributed by atoms with Gasteiger partial charge >= 0.3 is 0 Å². The number of amides is 1. The van der Waals surface area contributed by atoms with Gasteiger partial charge in [-0.3, -0.25) is 4.79 Å². The maximum Gasteiger partial charge on any atom is 0.270 e. The van der Waals surface area contributed by atoms with Gasteiger partial charge in [0.15, 0.2) is 0 Å². The molecule has 0 bridgehead atoms. The van der Waals surface area contributed by atoms with Crippen molar-refractivity contribution in [3.8, 4) is 17.2 Å². The van der Waals surface area contributed by atoms with Crippen LogP contribution in [-0.4, -0.2) is 30.2 Å². The molecule has 6 nitrogen and oxygen atoms in total. The molecule has 0 saturated carbocycles. The monoisotopic (exact) mass is 338 g/mol. The second-order valence-corrected chi connectivity index (χ2v) is 5.45. The Morgan fingerprint density at radius 3 is 2.48 bits per heavy atom. The Balaban J connectivity index is 1.78. The highest BCUT2D eigenvalue weighted by Crippen LogP contribution is 2.23. The Kier molecular flexibility index (Phi) is 4.70. The van der Waals surface area contributed by atoms with E-state index >= 15 is 0 Å². The minimum Gasteiger partial charge on any atom is -0.506 e. The van der Waals surface area contributed by atoms with Crippen LogP contribution in [0.3, 0.4) is 0 Å². The lowest BCUT2D eigenvalue weighted by atomic mass is 10.1. The molecule has 1 heterocycles. The molecule has 0 saturated heterocycles. The highest BCUT2D eigenvalue weighted by atomic mass is 16.5. The fraction of sp³-hybridized carbons (Fsp3) is 0.158. The molecule has 1 aromatic heterocycles. The number of aromatic nitrogens is 1. The Labute approximate surface area is 145 Å². The molecule has 0 unspecified atom stereocenters. The summed E-state index contributed by atoms with van der Waals surface area (Å²) in [5.74, 6) is 1.02. The van der Waals surface area contributed by atoms with Gasteiger partial charge in [-0.25, -0.2) is 4.98 Å². The lowest BCUT2D eigenvalue weighted by Gasteiger charge is -2.10. The van der Waals surface area contributed by atoms with E-state index in [9.17, 15) is 9.90 Å². The average Bonchev–Trinajstić information content (AvgIpc) is 2.65. The summed E-state index contributed by atoms with van der Waals surface area (Å²) < 4.78 is 10.4. The van der Waals surface area contributed by atoms with Gasteiger partial charge in [0.1, 0.15) is 28.5 Å². The molecular formula is C19H18N2O4. The van der Waals surface area contributed by atoms with Crippen LogP contribution in [0, 0.1) is 0 Å². The molecule has 0 radical (unpaired) electrons. The molecule has 3 rings (SSSR count). The molecule has 0 spiro atoms. The van der Waals surface area contributed by atoms with Crippen LogP contribution in [0.1, 0.15) is 16.1 Å². The molecule has 0 aliphatic carbocycles. The van der Waals surface area contributed by atoms with E-state index in [4.69, 9.17) is 9.47 Å². The second kappa shape index (κ2) is 7.09. The molecule has 0 fully saturated rings. The third-order valence-corrected chi connectivity index (χ3v) is 3.80. The van der Waals surface area contributed by atoms with Crippen molar-refractivity contribution < 1.29 is 19.4 Å². The number of hydrogen-bond donors (Lipinski definition) is 2. The fourth-order valence-electron chi connectivity index (χ4n) is 2.50. The van der Waals surface area contributed by atoms with Crippen molar-refractivity contribution in [1.29, 1.82) is 0 Å². The van der Waals surface area contributed by atoms with Crippen LogP contribution in [-0.2, 0) is 6.54 Å². The van der Waals surface area contributed by atoms with Gasteiger partial charge in [-0.05, 0) is 29.8 Å². The largest absolute Gasteiger partial charge is 0.506 e. The van der Waals surface area contributed by atoms with Crippen LogP contribution in [0.15, 0.2) is 48.5 Å². The summed E-state index contributed by atoms with van der Waals surface area (Å²) >= 11 is 0. The third-order valence-electron chi connectivity index (χ3n) is 3.80. The van der Waals surface area contributed by atoms with Crippen molar-refractivity contribution in [2.24, 2.45) is 0 Å². The number of pyridine rings is 1. The molecule has 128 valence electrons. The zero-order valence-electron chi connectivity index (χ0n) is 13.9. The molecule has 0 aliphatic rings. The van der Waals surface area contributed by atoms with Crippen molar-refractivity contribution in [3.63, 3.8) is 0 Å². The number of methoxy groups -OCH3 is 2. The summed E-state index contributed by atoms with van der Waals surface area (Å²) in [6, 6.07) is 13.9. The average molecular weight is 338 g/mol. The van der Waals surface area contributed by atoms with Crippen molar-refractivity contribution >= 4 is 16.8 Å². The maximum absolute atomic E-state index is 12.4. The van der Waals surface area contributed by atoms with E-state index in [-0.39, 0.29) is 17.4 Å². The molecule has 25 heavy (non-hydrogen) atoms. The summed E-state index contributed by atoms with van der Waals surface area (Å²) in [6.45, 7) is 0.298. The van der Waals surface area contributed by atoms with E-state index in [2.05, 4.69) is 10.3 Å². The minimum atomic E-state index is -0.327. The predicted molar refractivity (Wildman–Crippen MR) is 94.1 cm³/mol. The number of hydrogen-bond acceptors (Lipinski definition) is 5. The summed E-state index contributed by atoms with van der Waals surface area (Å²) in [5, 5.41) is 13.5. The van der Waals surface area contributed by atoms with Crippen LogP contribution in [0.2, 0.25) is 0 Å². The van der Waals surface area contributed by atoms with E-state index in [1.165, 1.54) is 0 Å². The van der Waals surface area contributed by atoms with Crippen molar-refractivity contribution in [2.45, 2.75) is 6.54 Å². The van der Waals surface area contributed by atoms with Gasteiger partial charge in [-0.2, -0.15) is 0 Å². The van der Waals surface area contributed by atoms with Gasteiger partial charge in [0, 0.05) is 18.0 Å². The zero-order chi connectivity index (χ0) is 17.8. The Bertz CT molecular complexity index is 902. The summed E-state index contributed by atoms with van der Waals surface area (Å²) in [5.41, 5.74) is 1.48. The smallest absolute Gasteiger partial charge is 0.270 e. The predicted octanol–water partition coefficient (Wildman–Crippen LogP) is 2.89. The van der Waals surface area contributed by atoms with Crippen LogP contribution in [0.5, 0.6) is 17.2 Å². The van der Waals surface area contributed by atoms with Gasteiger partial charge < -0.3 is 19.9 Å². The van der Waals surface area contributed by atoms with Crippen molar-refractivity contribution in [1.82, 2.24) is 10.3 Å². The minimum absolute atomic E-state index is 0.0460. The lowest BCUT2D eigenvalue weighted by Crippen LogP contribution is -2.23. The highest BCUT2D eigenvalue weighted by molar-refractivity contribution is 5.95. The number of fused-ring (bicyclic) bond motifs is 1. The number of rotatable bonds is 5. The van der Waals surface area contributed by atoms with Gasteiger partial charge in [0.05, 0.1) is 14.2 Å². The normalized spacial score (nSPS) is 10.5. The fourth-order valence-corrected chi connectivity index (χ4v) is 2.50. The number of phenolic OH excluding ortho intramolecular Hbond substituents is 1. The summed E-state index contributed by atoms with van der Waals surface area (Å²) in [4.78, 5) is 16.6. The van der Waals surface area contributed by atoms with E-state index in [0.717, 1.165) is 10.9 Å². The number of nitrogens with zero attached hydrogens (tertiary/aromatic N) is 1. The standard InChI is InChI=1S/C19H18N2O4/c1-24-14-8-12(9-15(10-14)25-2)11-20-19(23)16-7-6-13-4-3-5-17(22)18(13)21-16/h3-10,22H,11H2,1-2H3,(H,20,23). The van der Waals surface area contributed by atoms with Gasteiger partial charge in [-0.15, -0.1) is 0 Å². The number of carbonyl (C=O) groups excluding carboxylic acids is 1. The molecule has 6 heteroatoms. The molecular weight excluding hydrogens is 320 g/mol. The van der Waals surface area contributed by atoms with Gasteiger partial charge in [0.25, 0.3) is 5.91 Å². The Morgan fingerprint density at radius 1 is 1.08 bits per heavy atom. The van der Waals surface area contributed by atoms with E-state index in [1.54, 1.807) is 44.6 Å². The molecule has 2 aromatic carbocycles. The van der Waals surface area contributed by atoms with Crippen LogP contribution >= 0.6 is 0 Å². The van der Waals surface area contributed by atoms with Crippen LogP contribution in [0.4, 0.5) is 0 Å². The van der Waals surface area contributed by atoms with Crippen molar-refractivity contribution in [3.05, 3.63) is 59.8 Å². The van der Waals surface area contributed by atoms with Crippen LogP contribution < -0.4 is 14.8 Å². The van der Waals surface area contributed by atoms with Gasteiger partial charge in [0.2, 0.25) is 0 Å². The SMILES string of the molecule is COc1cc(CNC(=O)c2ccc3cccc(O)c3n2)cc(OC)c1. The maximum atomic E-state index is 12.4. The number of para-hydroxylation sites is 1. The first kappa shape index (κ1) is 16.6. The number of ether oxygens (including phenoxy) is 2. The molecule has 1 amide bonds. The van der Waals surface area contributed by atoms with E-state index in [1.807, 2.05) is 18.2 Å². The first-order valence-corrected chi connectivity index (χ1v) is 7.69. The lowest BCUT2D eigenvalue weighted by molar-refractivity contribution is 0.0946. The Morgan fingerprint density at radius 2 is 1.80 bits per heavy atom. The topological polar surface area (TPSA) is 80.7 Å².